The predicted octanol–water partition coefficient (Wildman–Crippen LogP) is 2.58. The first-order chi connectivity index (χ1) is 8.40. The molecule has 1 aromatic carbocycles. The average molecular weight is 249 g/mol. The van der Waals surface area contributed by atoms with Gasteiger partial charge in [0.2, 0.25) is 0 Å². The highest BCUT2D eigenvalue weighted by atomic mass is 32.2. The van der Waals surface area contributed by atoms with Crippen LogP contribution in [0.25, 0.3) is 0 Å². The third-order valence-corrected chi connectivity index (χ3v) is 4.27. The van der Waals surface area contributed by atoms with Gasteiger partial charge in [0.15, 0.2) is 0 Å². The molecule has 0 aromatic heterocycles. The number of nitrogens with zero attached hydrogens (tertiary/aromatic N) is 1. The summed E-state index contributed by atoms with van der Waals surface area (Å²) in [5, 5.41) is 0. The van der Waals surface area contributed by atoms with Crippen LogP contribution in [0.5, 0.6) is 0 Å². The lowest BCUT2D eigenvalue weighted by molar-refractivity contribution is -0.111. The second kappa shape index (κ2) is 6.82. The summed E-state index contributed by atoms with van der Waals surface area (Å²) in [6, 6.07) is 10.8. The van der Waals surface area contributed by atoms with Gasteiger partial charge in [0.25, 0.3) is 0 Å². The molecule has 2 nitrogen and oxygen atoms in total. The third-order valence-electron chi connectivity index (χ3n) is 3.18. The minimum Gasteiger partial charge on any atom is -0.302 e. The number of hydrogen-bond acceptors (Lipinski definition) is 3. The van der Waals surface area contributed by atoms with E-state index in [4.69, 9.17) is 0 Å². The van der Waals surface area contributed by atoms with Gasteiger partial charge < -0.3 is 4.79 Å². The molecule has 0 bridgehead atoms. The second-order valence-electron chi connectivity index (χ2n) is 4.46. The van der Waals surface area contributed by atoms with Crippen molar-refractivity contribution in [1.82, 2.24) is 4.90 Å². The Morgan fingerprint density at radius 2 is 2.12 bits per heavy atom. The minimum atomic E-state index is 0.164. The van der Waals surface area contributed by atoms with Crippen LogP contribution in [0.2, 0.25) is 0 Å². The van der Waals surface area contributed by atoms with Gasteiger partial charge in [-0.1, -0.05) is 30.3 Å². The van der Waals surface area contributed by atoms with Crippen LogP contribution in [-0.4, -0.2) is 35.4 Å². The summed E-state index contributed by atoms with van der Waals surface area (Å²) in [5.41, 5.74) is 1.41. The molecule has 1 atom stereocenters. The van der Waals surface area contributed by atoms with Gasteiger partial charge in [-0.25, -0.2) is 0 Å². The Kier molecular flexibility index (Phi) is 5.08. The lowest BCUT2D eigenvalue weighted by Gasteiger charge is -2.18. The highest BCUT2D eigenvalue weighted by molar-refractivity contribution is 7.99. The lowest BCUT2D eigenvalue weighted by atomic mass is 10.1. The Morgan fingerprint density at radius 3 is 2.88 bits per heavy atom. The summed E-state index contributed by atoms with van der Waals surface area (Å²) in [6.07, 6.45) is 4.63. The molecule has 0 aliphatic carbocycles. The first-order valence-electron chi connectivity index (χ1n) is 6.21. The topological polar surface area (TPSA) is 20.3 Å². The number of aryl methyl sites for hydroxylation is 1. The molecular weight excluding hydrogens is 230 g/mol. The van der Waals surface area contributed by atoms with Gasteiger partial charge in [-0.05, 0) is 31.4 Å². The molecule has 1 heterocycles. The van der Waals surface area contributed by atoms with Gasteiger partial charge in [0.05, 0.1) is 6.04 Å². The SMILES string of the molecule is O=C[C@@H]1CSCN1CCCCc1ccccc1. The Hall–Kier alpha value is -0.800. The van der Waals surface area contributed by atoms with Crippen molar-refractivity contribution in [2.24, 2.45) is 0 Å². The van der Waals surface area contributed by atoms with E-state index in [1.165, 1.54) is 18.4 Å². The molecule has 17 heavy (non-hydrogen) atoms. The molecule has 92 valence electrons. The van der Waals surface area contributed by atoms with E-state index in [2.05, 4.69) is 35.2 Å². The molecule has 3 heteroatoms. The summed E-state index contributed by atoms with van der Waals surface area (Å²) >= 11 is 1.86. The summed E-state index contributed by atoms with van der Waals surface area (Å²) < 4.78 is 0. The van der Waals surface area contributed by atoms with Gasteiger partial charge in [-0.3, -0.25) is 4.90 Å². The van der Waals surface area contributed by atoms with Crippen LogP contribution in [0.15, 0.2) is 30.3 Å². The van der Waals surface area contributed by atoms with E-state index < -0.39 is 0 Å². The minimum absolute atomic E-state index is 0.164. The number of aldehydes is 1. The number of benzene rings is 1. The van der Waals surface area contributed by atoms with Crippen LogP contribution in [-0.2, 0) is 11.2 Å². The van der Waals surface area contributed by atoms with Gasteiger partial charge >= 0.3 is 0 Å². The second-order valence-corrected chi connectivity index (χ2v) is 5.46. The zero-order valence-electron chi connectivity index (χ0n) is 10.0. The van der Waals surface area contributed by atoms with Crippen molar-refractivity contribution < 1.29 is 4.79 Å². The van der Waals surface area contributed by atoms with E-state index in [0.717, 1.165) is 30.9 Å². The Morgan fingerprint density at radius 1 is 1.29 bits per heavy atom. The van der Waals surface area contributed by atoms with Crippen LogP contribution in [0, 0.1) is 0 Å². The molecule has 0 spiro atoms. The van der Waals surface area contributed by atoms with Crippen molar-refractivity contribution in [1.29, 1.82) is 0 Å². The van der Waals surface area contributed by atoms with Gasteiger partial charge in [0, 0.05) is 11.6 Å². The van der Waals surface area contributed by atoms with Crippen LogP contribution in [0.3, 0.4) is 0 Å². The fourth-order valence-electron chi connectivity index (χ4n) is 2.14. The molecule has 0 unspecified atom stereocenters. The van der Waals surface area contributed by atoms with Crippen molar-refractivity contribution in [3.8, 4) is 0 Å². The van der Waals surface area contributed by atoms with Crippen LogP contribution in [0.1, 0.15) is 18.4 Å². The van der Waals surface area contributed by atoms with Crippen molar-refractivity contribution in [2.75, 3.05) is 18.2 Å². The molecule has 1 aliphatic rings. The molecule has 2 rings (SSSR count). The molecular formula is C14H19NOS. The van der Waals surface area contributed by atoms with E-state index >= 15 is 0 Å². The zero-order valence-corrected chi connectivity index (χ0v) is 10.9. The summed E-state index contributed by atoms with van der Waals surface area (Å²) in [6.45, 7) is 1.06. The van der Waals surface area contributed by atoms with E-state index in [-0.39, 0.29) is 6.04 Å². The maximum absolute atomic E-state index is 10.8. The normalized spacial score (nSPS) is 20.6. The number of carbonyl (C=O) groups excluding carboxylic acids is 1. The molecule has 1 aromatic rings. The van der Waals surface area contributed by atoms with Crippen LogP contribution < -0.4 is 0 Å². The van der Waals surface area contributed by atoms with Crippen molar-refractivity contribution in [3.63, 3.8) is 0 Å². The number of thioether (sulfide) groups is 1. The maximum Gasteiger partial charge on any atom is 0.137 e. The fourth-order valence-corrected chi connectivity index (χ4v) is 3.33. The number of rotatable bonds is 6. The van der Waals surface area contributed by atoms with E-state index in [1.807, 2.05) is 11.8 Å². The zero-order chi connectivity index (χ0) is 11.9. The van der Waals surface area contributed by atoms with Gasteiger partial charge in [-0.2, -0.15) is 0 Å². The predicted molar refractivity (Wildman–Crippen MR) is 73.3 cm³/mol. The van der Waals surface area contributed by atoms with Gasteiger partial charge in [-0.15, -0.1) is 11.8 Å². The summed E-state index contributed by atoms with van der Waals surface area (Å²) in [5.74, 6) is 2.00. The highest BCUT2D eigenvalue weighted by Crippen LogP contribution is 2.19. The first-order valence-corrected chi connectivity index (χ1v) is 7.36. The summed E-state index contributed by atoms with van der Waals surface area (Å²) in [7, 11) is 0. The maximum atomic E-state index is 10.8. The summed E-state index contributed by atoms with van der Waals surface area (Å²) in [4.78, 5) is 13.1. The van der Waals surface area contributed by atoms with E-state index in [1.54, 1.807) is 0 Å². The first kappa shape index (κ1) is 12.7. The molecule has 1 saturated heterocycles. The fraction of sp³-hybridized carbons (Fsp3) is 0.500. The van der Waals surface area contributed by atoms with E-state index in [0.29, 0.717) is 0 Å². The molecule has 0 N–H and O–H groups in total. The van der Waals surface area contributed by atoms with Crippen LogP contribution >= 0.6 is 11.8 Å². The molecule has 0 amide bonds. The van der Waals surface area contributed by atoms with Crippen molar-refractivity contribution >= 4 is 18.0 Å². The standard InChI is InChI=1S/C14H19NOS/c16-10-14-11-17-12-15(14)9-5-4-8-13-6-2-1-3-7-13/h1-3,6-7,10,14H,4-5,8-9,11-12H2/t14-/m1/s1. The van der Waals surface area contributed by atoms with Crippen molar-refractivity contribution in [3.05, 3.63) is 35.9 Å². The monoisotopic (exact) mass is 249 g/mol. The Balaban J connectivity index is 1.65. The molecule has 1 aliphatic heterocycles. The molecule has 0 saturated carbocycles. The number of unbranched alkanes of at least 4 members (excludes halogenated alkanes) is 1. The van der Waals surface area contributed by atoms with Gasteiger partial charge in [0.1, 0.15) is 6.29 Å². The quantitative estimate of drug-likeness (QED) is 0.571. The smallest absolute Gasteiger partial charge is 0.137 e. The molecule has 1 fully saturated rings. The van der Waals surface area contributed by atoms with Crippen molar-refractivity contribution in [2.45, 2.75) is 25.3 Å². The Labute approximate surface area is 107 Å². The third kappa shape index (κ3) is 3.86. The average Bonchev–Trinajstić information content (AvgIpc) is 2.83. The number of carbonyl (C=O) groups is 1. The Bertz CT molecular complexity index is 341. The molecule has 0 radical (unpaired) electrons. The largest absolute Gasteiger partial charge is 0.302 e. The van der Waals surface area contributed by atoms with Crippen LogP contribution in [0.4, 0.5) is 0 Å². The highest BCUT2D eigenvalue weighted by Gasteiger charge is 2.23. The lowest BCUT2D eigenvalue weighted by Crippen LogP contribution is -2.32. The van der Waals surface area contributed by atoms with E-state index in [9.17, 15) is 4.79 Å². The number of hydrogen-bond donors (Lipinski definition) is 0.